The van der Waals surface area contributed by atoms with Crippen LogP contribution in [0.3, 0.4) is 0 Å². The molecule has 18 heavy (non-hydrogen) atoms. The van der Waals surface area contributed by atoms with Gasteiger partial charge >= 0.3 is 0 Å². The fourth-order valence-electron chi connectivity index (χ4n) is 4.74. The van der Waals surface area contributed by atoms with Crippen LogP contribution in [0.25, 0.3) is 0 Å². The van der Waals surface area contributed by atoms with Gasteiger partial charge in [0.05, 0.1) is 5.60 Å². The number of hydrogen-bond acceptors (Lipinski definition) is 2. The molecule has 3 aliphatic rings. The van der Waals surface area contributed by atoms with Gasteiger partial charge in [-0.15, -0.1) is 0 Å². The monoisotopic (exact) mass is 251 g/mol. The average molecular weight is 251 g/mol. The Kier molecular flexibility index (Phi) is 3.44. The Hall–Kier alpha value is -0.0800. The van der Waals surface area contributed by atoms with E-state index >= 15 is 0 Å². The number of rotatable bonds is 1. The average Bonchev–Trinajstić information content (AvgIpc) is 2.77. The van der Waals surface area contributed by atoms with Crippen molar-refractivity contribution in [2.75, 3.05) is 19.7 Å². The van der Waals surface area contributed by atoms with Gasteiger partial charge in [-0.25, -0.2) is 0 Å². The lowest BCUT2D eigenvalue weighted by Gasteiger charge is -2.50. The Morgan fingerprint density at radius 2 is 2.11 bits per heavy atom. The van der Waals surface area contributed by atoms with E-state index in [-0.39, 0.29) is 5.60 Å². The minimum atomic E-state index is 0.247. The third kappa shape index (κ3) is 2.34. The van der Waals surface area contributed by atoms with Crippen LogP contribution in [0.1, 0.15) is 58.8 Å². The third-order valence-electron chi connectivity index (χ3n) is 5.84. The lowest BCUT2D eigenvalue weighted by Crippen LogP contribution is -2.48. The van der Waals surface area contributed by atoms with Gasteiger partial charge in [0.25, 0.3) is 0 Å². The number of hydrogen-bond donors (Lipinski definition) is 1. The van der Waals surface area contributed by atoms with Crippen molar-refractivity contribution in [1.29, 1.82) is 0 Å². The van der Waals surface area contributed by atoms with E-state index in [2.05, 4.69) is 19.2 Å². The molecule has 3 atom stereocenters. The van der Waals surface area contributed by atoms with Gasteiger partial charge in [0.1, 0.15) is 0 Å². The van der Waals surface area contributed by atoms with Crippen molar-refractivity contribution in [2.45, 2.75) is 64.4 Å². The molecular weight excluding hydrogens is 222 g/mol. The predicted octanol–water partition coefficient (Wildman–Crippen LogP) is 3.36. The maximum absolute atomic E-state index is 6.35. The molecule has 2 heterocycles. The van der Waals surface area contributed by atoms with Gasteiger partial charge in [0.2, 0.25) is 0 Å². The van der Waals surface area contributed by atoms with Crippen LogP contribution < -0.4 is 5.32 Å². The van der Waals surface area contributed by atoms with E-state index in [9.17, 15) is 0 Å². The maximum Gasteiger partial charge on any atom is 0.0691 e. The highest BCUT2D eigenvalue weighted by atomic mass is 16.5. The fraction of sp³-hybridized carbons (Fsp3) is 1.00. The van der Waals surface area contributed by atoms with Crippen LogP contribution in [0.2, 0.25) is 0 Å². The van der Waals surface area contributed by atoms with Crippen molar-refractivity contribution in [1.82, 2.24) is 5.32 Å². The lowest BCUT2D eigenvalue weighted by molar-refractivity contribution is -0.146. The first kappa shape index (κ1) is 12.9. The molecule has 2 heteroatoms. The van der Waals surface area contributed by atoms with Crippen molar-refractivity contribution < 1.29 is 4.74 Å². The molecule has 0 amide bonds. The second kappa shape index (κ2) is 4.79. The molecule has 3 unspecified atom stereocenters. The van der Waals surface area contributed by atoms with Gasteiger partial charge in [-0.05, 0) is 68.7 Å². The van der Waals surface area contributed by atoms with Gasteiger partial charge in [-0.3, -0.25) is 0 Å². The summed E-state index contributed by atoms with van der Waals surface area (Å²) in [7, 11) is 0. The van der Waals surface area contributed by atoms with Crippen LogP contribution in [0, 0.1) is 17.3 Å². The number of nitrogens with one attached hydrogen (secondary N) is 1. The molecule has 0 radical (unpaired) electrons. The van der Waals surface area contributed by atoms with Gasteiger partial charge in [0.15, 0.2) is 0 Å². The predicted molar refractivity (Wildman–Crippen MR) is 74.6 cm³/mol. The molecule has 0 aromatic carbocycles. The minimum absolute atomic E-state index is 0.247. The minimum Gasteiger partial charge on any atom is -0.375 e. The molecule has 0 aromatic heterocycles. The Balaban J connectivity index is 1.73. The summed E-state index contributed by atoms with van der Waals surface area (Å²) in [6, 6.07) is 0. The zero-order chi connectivity index (χ0) is 12.6. The van der Waals surface area contributed by atoms with Crippen molar-refractivity contribution in [2.24, 2.45) is 17.3 Å². The zero-order valence-electron chi connectivity index (χ0n) is 12.1. The number of ether oxygens (including phenoxy) is 1. The summed E-state index contributed by atoms with van der Waals surface area (Å²) in [5.41, 5.74) is 0.828. The van der Waals surface area contributed by atoms with Gasteiger partial charge < -0.3 is 10.1 Å². The first-order chi connectivity index (χ1) is 8.63. The molecule has 3 fully saturated rings. The highest BCUT2D eigenvalue weighted by Gasteiger charge is 2.48. The van der Waals surface area contributed by atoms with Crippen LogP contribution in [-0.4, -0.2) is 25.3 Å². The van der Waals surface area contributed by atoms with Crippen molar-refractivity contribution >= 4 is 0 Å². The molecule has 2 aliphatic heterocycles. The molecule has 1 N–H and O–H groups in total. The molecule has 2 spiro atoms. The molecule has 104 valence electrons. The zero-order valence-corrected chi connectivity index (χ0v) is 12.1. The maximum atomic E-state index is 6.35. The smallest absolute Gasteiger partial charge is 0.0691 e. The summed E-state index contributed by atoms with van der Waals surface area (Å²) in [5.74, 6) is 1.72. The highest BCUT2D eigenvalue weighted by Crippen LogP contribution is 2.51. The first-order valence-electron chi connectivity index (χ1n) is 7.98. The Morgan fingerprint density at radius 3 is 2.83 bits per heavy atom. The van der Waals surface area contributed by atoms with E-state index in [4.69, 9.17) is 4.74 Å². The summed E-state index contributed by atoms with van der Waals surface area (Å²) < 4.78 is 6.35. The van der Waals surface area contributed by atoms with Crippen LogP contribution in [0.5, 0.6) is 0 Å². The molecule has 3 rings (SSSR count). The SMILES string of the molecule is CC(C)C1CCOC2(CCCC3(CCNC3)C2)C1. The van der Waals surface area contributed by atoms with Crippen LogP contribution in [-0.2, 0) is 4.74 Å². The molecule has 1 aliphatic carbocycles. The Labute approximate surface area is 112 Å². The summed E-state index contributed by atoms with van der Waals surface area (Å²) in [6.07, 6.45) is 9.44. The molecule has 0 bridgehead atoms. The van der Waals surface area contributed by atoms with E-state index in [1.807, 2.05) is 0 Å². The molecule has 2 saturated heterocycles. The van der Waals surface area contributed by atoms with Gasteiger partial charge in [-0.2, -0.15) is 0 Å². The summed E-state index contributed by atoms with van der Waals surface area (Å²) in [6.45, 7) is 8.25. The van der Waals surface area contributed by atoms with E-state index in [0.29, 0.717) is 5.41 Å². The van der Waals surface area contributed by atoms with Crippen LogP contribution in [0.4, 0.5) is 0 Å². The third-order valence-corrected chi connectivity index (χ3v) is 5.84. The largest absolute Gasteiger partial charge is 0.375 e. The second-order valence-corrected chi connectivity index (χ2v) is 7.49. The summed E-state index contributed by atoms with van der Waals surface area (Å²) in [4.78, 5) is 0. The van der Waals surface area contributed by atoms with Crippen LogP contribution in [0.15, 0.2) is 0 Å². The standard InChI is InChI=1S/C16H29NO/c1-13(2)14-4-9-18-16(10-14)6-3-5-15(11-16)7-8-17-12-15/h13-14,17H,3-12H2,1-2H3. The van der Waals surface area contributed by atoms with Crippen molar-refractivity contribution in [3.05, 3.63) is 0 Å². The molecule has 0 aromatic rings. The fourth-order valence-corrected chi connectivity index (χ4v) is 4.74. The van der Waals surface area contributed by atoms with Crippen LogP contribution >= 0.6 is 0 Å². The van der Waals surface area contributed by atoms with Gasteiger partial charge in [0, 0.05) is 13.2 Å². The Bertz CT molecular complexity index is 291. The normalized spacial score (nSPS) is 45.2. The summed E-state index contributed by atoms with van der Waals surface area (Å²) in [5, 5.41) is 3.58. The molecular formula is C16H29NO. The van der Waals surface area contributed by atoms with Crippen molar-refractivity contribution in [3.63, 3.8) is 0 Å². The van der Waals surface area contributed by atoms with E-state index in [1.54, 1.807) is 0 Å². The summed E-state index contributed by atoms with van der Waals surface area (Å²) >= 11 is 0. The first-order valence-corrected chi connectivity index (χ1v) is 7.98. The van der Waals surface area contributed by atoms with E-state index in [0.717, 1.165) is 18.4 Å². The Morgan fingerprint density at radius 1 is 1.22 bits per heavy atom. The van der Waals surface area contributed by atoms with E-state index in [1.165, 1.54) is 58.0 Å². The topological polar surface area (TPSA) is 21.3 Å². The quantitative estimate of drug-likeness (QED) is 0.771. The van der Waals surface area contributed by atoms with E-state index < -0.39 is 0 Å². The molecule has 1 saturated carbocycles. The highest BCUT2D eigenvalue weighted by molar-refractivity contribution is 5.01. The molecule has 2 nitrogen and oxygen atoms in total. The van der Waals surface area contributed by atoms with Crippen molar-refractivity contribution in [3.8, 4) is 0 Å². The van der Waals surface area contributed by atoms with Gasteiger partial charge in [-0.1, -0.05) is 13.8 Å². The lowest BCUT2D eigenvalue weighted by atomic mass is 9.63. The second-order valence-electron chi connectivity index (χ2n) is 7.49.